The van der Waals surface area contributed by atoms with Crippen LogP contribution in [0.5, 0.6) is 0 Å². The van der Waals surface area contributed by atoms with Gasteiger partial charge in [-0.1, -0.05) is 18.2 Å². The Bertz CT molecular complexity index is 745. The van der Waals surface area contributed by atoms with E-state index in [1.807, 2.05) is 42.2 Å². The predicted octanol–water partition coefficient (Wildman–Crippen LogP) is 2.41. The fourth-order valence-corrected chi connectivity index (χ4v) is 3.17. The molecule has 124 valence electrons. The van der Waals surface area contributed by atoms with Gasteiger partial charge in [0.15, 0.2) is 0 Å². The normalized spacial score (nSPS) is 15.9. The number of carbonyl (C=O) groups is 2. The lowest BCUT2D eigenvalue weighted by molar-refractivity contribution is -0.134. The summed E-state index contributed by atoms with van der Waals surface area (Å²) in [7, 11) is 0. The van der Waals surface area contributed by atoms with Crippen molar-refractivity contribution < 1.29 is 9.59 Å². The molecule has 0 radical (unpaired) electrons. The quantitative estimate of drug-likeness (QED) is 0.868. The highest BCUT2D eigenvalue weighted by atomic mass is 16.2. The highest BCUT2D eigenvalue weighted by molar-refractivity contribution is 5.98. The molecule has 2 amide bonds. The van der Waals surface area contributed by atoms with Crippen molar-refractivity contribution >= 4 is 17.5 Å². The number of benzene rings is 1. The Balaban J connectivity index is 1.76. The van der Waals surface area contributed by atoms with Gasteiger partial charge >= 0.3 is 0 Å². The summed E-state index contributed by atoms with van der Waals surface area (Å²) >= 11 is 0. The average Bonchev–Trinajstić information content (AvgIpc) is 2.90. The summed E-state index contributed by atoms with van der Waals surface area (Å²) in [6.45, 7) is 4.03. The first-order valence-electron chi connectivity index (χ1n) is 8.10. The maximum Gasteiger partial charge on any atom is 0.246 e. The number of carbonyl (C=O) groups excluding carboxylic acids is 2. The van der Waals surface area contributed by atoms with Gasteiger partial charge in [0.1, 0.15) is 6.54 Å². The third kappa shape index (κ3) is 3.30. The van der Waals surface area contributed by atoms with Crippen molar-refractivity contribution in [2.75, 3.05) is 11.4 Å². The molecule has 5 nitrogen and oxygen atoms in total. The topological polar surface area (TPSA) is 53.5 Å². The molecular weight excluding hydrogens is 302 g/mol. The van der Waals surface area contributed by atoms with Crippen LogP contribution < -0.4 is 4.90 Å². The van der Waals surface area contributed by atoms with Crippen LogP contribution in [0, 0.1) is 0 Å². The fourth-order valence-electron chi connectivity index (χ4n) is 3.17. The van der Waals surface area contributed by atoms with Crippen molar-refractivity contribution in [1.29, 1.82) is 0 Å². The Labute approximate surface area is 141 Å². The highest BCUT2D eigenvalue weighted by Crippen LogP contribution is 2.31. The molecule has 0 aliphatic carbocycles. The van der Waals surface area contributed by atoms with Crippen LogP contribution in [-0.2, 0) is 22.6 Å². The van der Waals surface area contributed by atoms with Crippen molar-refractivity contribution in [2.24, 2.45) is 0 Å². The van der Waals surface area contributed by atoms with E-state index >= 15 is 0 Å². The third-order valence-electron chi connectivity index (χ3n) is 4.37. The number of hydrogen-bond acceptors (Lipinski definition) is 3. The van der Waals surface area contributed by atoms with Crippen molar-refractivity contribution in [3.63, 3.8) is 0 Å². The molecule has 0 fully saturated rings. The molecule has 1 unspecified atom stereocenters. The van der Waals surface area contributed by atoms with Gasteiger partial charge in [-0.05, 0) is 42.7 Å². The van der Waals surface area contributed by atoms with E-state index in [0.29, 0.717) is 6.54 Å². The van der Waals surface area contributed by atoms with Crippen LogP contribution in [0.2, 0.25) is 0 Å². The Hall–Kier alpha value is -2.69. The molecule has 0 spiro atoms. The summed E-state index contributed by atoms with van der Waals surface area (Å²) < 4.78 is 0. The van der Waals surface area contributed by atoms with Gasteiger partial charge in [0.05, 0.1) is 0 Å². The van der Waals surface area contributed by atoms with Gasteiger partial charge in [-0.25, -0.2) is 0 Å². The molecule has 1 aliphatic heterocycles. The van der Waals surface area contributed by atoms with Crippen molar-refractivity contribution in [3.8, 4) is 0 Å². The number of fused-ring (bicyclic) bond motifs is 1. The number of amides is 2. The van der Waals surface area contributed by atoms with Crippen molar-refractivity contribution in [2.45, 2.75) is 32.9 Å². The summed E-state index contributed by atoms with van der Waals surface area (Å²) in [4.78, 5) is 32.2. The van der Waals surface area contributed by atoms with E-state index in [1.54, 1.807) is 17.3 Å². The van der Waals surface area contributed by atoms with Gasteiger partial charge in [0.25, 0.3) is 0 Å². The average molecular weight is 323 g/mol. The minimum absolute atomic E-state index is 0.0447. The zero-order valence-corrected chi connectivity index (χ0v) is 14.0. The Morgan fingerprint density at radius 1 is 1.21 bits per heavy atom. The van der Waals surface area contributed by atoms with Gasteiger partial charge in [-0.2, -0.15) is 0 Å². The second-order valence-corrected chi connectivity index (χ2v) is 6.18. The monoisotopic (exact) mass is 323 g/mol. The number of aromatic nitrogens is 1. The molecule has 24 heavy (non-hydrogen) atoms. The molecule has 1 atom stereocenters. The summed E-state index contributed by atoms with van der Waals surface area (Å²) in [6, 6.07) is 11.8. The molecular formula is C19H21N3O2. The molecule has 1 aliphatic rings. The van der Waals surface area contributed by atoms with Crippen molar-refractivity contribution in [3.05, 3.63) is 59.9 Å². The molecule has 2 heterocycles. The van der Waals surface area contributed by atoms with E-state index < -0.39 is 0 Å². The van der Waals surface area contributed by atoms with Gasteiger partial charge in [0.2, 0.25) is 11.8 Å². The minimum Gasteiger partial charge on any atom is -0.329 e. The van der Waals surface area contributed by atoms with Crippen LogP contribution in [0.4, 0.5) is 5.69 Å². The highest BCUT2D eigenvalue weighted by Gasteiger charge is 2.31. The number of anilines is 1. The molecule has 5 heteroatoms. The maximum atomic E-state index is 12.8. The van der Waals surface area contributed by atoms with E-state index in [1.165, 1.54) is 12.5 Å². The predicted molar refractivity (Wildman–Crippen MR) is 92.4 cm³/mol. The van der Waals surface area contributed by atoms with Crippen LogP contribution in [0.25, 0.3) is 0 Å². The second-order valence-electron chi connectivity index (χ2n) is 6.18. The molecule has 2 aromatic rings. The number of nitrogens with zero attached hydrogens (tertiary/aromatic N) is 3. The zero-order valence-electron chi connectivity index (χ0n) is 14.0. The summed E-state index contributed by atoms with van der Waals surface area (Å²) in [5.74, 6) is -0.156. The van der Waals surface area contributed by atoms with Gasteiger partial charge in [-0.3, -0.25) is 14.6 Å². The van der Waals surface area contributed by atoms with E-state index in [0.717, 1.165) is 17.7 Å². The van der Waals surface area contributed by atoms with E-state index in [9.17, 15) is 9.59 Å². The van der Waals surface area contributed by atoms with E-state index in [4.69, 9.17) is 0 Å². The first kappa shape index (κ1) is 16.2. The zero-order chi connectivity index (χ0) is 17.1. The molecule has 1 aromatic carbocycles. The number of rotatable bonds is 4. The molecule has 0 saturated carbocycles. The lowest BCUT2D eigenvalue weighted by atomic mass is 10.1. The first-order chi connectivity index (χ1) is 11.6. The molecule has 0 saturated heterocycles. The Morgan fingerprint density at radius 3 is 2.62 bits per heavy atom. The van der Waals surface area contributed by atoms with Crippen LogP contribution in [0.3, 0.4) is 0 Å². The van der Waals surface area contributed by atoms with Crippen molar-refractivity contribution in [1.82, 2.24) is 9.88 Å². The molecule has 1 aromatic heterocycles. The Kier molecular flexibility index (Phi) is 4.60. The first-order valence-corrected chi connectivity index (χ1v) is 8.10. The SMILES string of the molecule is CC(=O)N(CC(=O)N1c2ccccc2CC1C)Cc1ccncc1. The maximum absolute atomic E-state index is 12.8. The molecule has 3 rings (SSSR count). The third-order valence-corrected chi connectivity index (χ3v) is 4.37. The number of pyridine rings is 1. The Morgan fingerprint density at radius 2 is 1.92 bits per heavy atom. The lowest BCUT2D eigenvalue weighted by Crippen LogP contribution is -2.44. The lowest BCUT2D eigenvalue weighted by Gasteiger charge is -2.27. The van der Waals surface area contributed by atoms with Crippen LogP contribution in [0.15, 0.2) is 48.8 Å². The van der Waals surface area contributed by atoms with Crippen LogP contribution in [0.1, 0.15) is 25.0 Å². The van der Waals surface area contributed by atoms with E-state index in [-0.39, 0.29) is 24.4 Å². The van der Waals surface area contributed by atoms with Gasteiger partial charge < -0.3 is 9.80 Å². The van der Waals surface area contributed by atoms with E-state index in [2.05, 4.69) is 11.1 Å². The van der Waals surface area contributed by atoms with Crippen LogP contribution in [-0.4, -0.2) is 34.3 Å². The summed E-state index contributed by atoms with van der Waals surface area (Å²) in [6.07, 6.45) is 4.23. The van der Waals surface area contributed by atoms with Crippen LogP contribution >= 0.6 is 0 Å². The number of hydrogen-bond donors (Lipinski definition) is 0. The second kappa shape index (κ2) is 6.83. The summed E-state index contributed by atoms with van der Waals surface area (Å²) in [5, 5.41) is 0. The summed E-state index contributed by atoms with van der Waals surface area (Å²) in [5.41, 5.74) is 3.10. The van der Waals surface area contributed by atoms with Gasteiger partial charge in [-0.15, -0.1) is 0 Å². The standard InChI is InChI=1S/C19H21N3O2/c1-14-11-17-5-3-4-6-18(17)22(14)19(24)13-21(15(2)23)12-16-7-9-20-10-8-16/h3-10,14H,11-13H2,1-2H3. The fraction of sp³-hybridized carbons (Fsp3) is 0.316. The smallest absolute Gasteiger partial charge is 0.246 e. The largest absolute Gasteiger partial charge is 0.329 e. The minimum atomic E-state index is -0.111. The number of para-hydroxylation sites is 1. The molecule has 0 bridgehead atoms. The molecule has 0 N–H and O–H groups in total. The van der Waals surface area contributed by atoms with Gasteiger partial charge in [0, 0.05) is 37.6 Å².